The lowest BCUT2D eigenvalue weighted by Crippen LogP contribution is -2.30. The van der Waals surface area contributed by atoms with Gasteiger partial charge in [0, 0.05) is 23.7 Å². The number of halogens is 1. The lowest BCUT2D eigenvalue weighted by Gasteiger charge is -2.24. The summed E-state index contributed by atoms with van der Waals surface area (Å²) in [6.45, 7) is 8.20. The highest BCUT2D eigenvalue weighted by Gasteiger charge is 2.28. The molecule has 30 heavy (non-hydrogen) atoms. The number of carbonyl (C=O) groups excluding carboxylic acids is 2. The van der Waals surface area contributed by atoms with Crippen LogP contribution in [0.25, 0.3) is 0 Å². The molecule has 0 saturated carbocycles. The summed E-state index contributed by atoms with van der Waals surface area (Å²) in [4.78, 5) is 24.0. The van der Waals surface area contributed by atoms with E-state index >= 15 is 0 Å². The maximum Gasteiger partial charge on any atom is 0.336 e. The highest BCUT2D eigenvalue weighted by Crippen LogP contribution is 2.25. The maximum atomic E-state index is 12.1. The Kier molecular flexibility index (Phi) is 12.5. The van der Waals surface area contributed by atoms with E-state index in [1.165, 1.54) is 7.11 Å². The Labute approximate surface area is 183 Å². The molecule has 1 heterocycles. The summed E-state index contributed by atoms with van der Waals surface area (Å²) < 4.78 is 15.4. The van der Waals surface area contributed by atoms with Crippen LogP contribution in [0.15, 0.2) is 52.9 Å². The van der Waals surface area contributed by atoms with Gasteiger partial charge in [0.15, 0.2) is 0 Å². The first-order valence-electron chi connectivity index (χ1n) is 9.87. The van der Waals surface area contributed by atoms with Crippen molar-refractivity contribution >= 4 is 23.5 Å². The normalized spacial score (nSPS) is 13.2. The topological polar surface area (TPSA) is 85.9 Å². The average Bonchev–Trinajstić information content (AvgIpc) is 2.74. The summed E-state index contributed by atoms with van der Waals surface area (Å²) in [5.41, 5.74) is 2.12. The van der Waals surface area contributed by atoms with E-state index in [1.807, 2.05) is 37.3 Å². The standard InChI is InChI=1S/C16H26N2O5.C6H5Cl/c1-5-17-7-8-22-10-14-13(16(20)23-6-2)9-12(11(3)18-14)15(19)21-4;7-6-4-2-1-3-5-6/h17-18H,5-10H2,1-4H3;1-5H. The number of likely N-dealkylation sites (N-methyl/N-ethyl adjacent to an activating group) is 1. The average molecular weight is 439 g/mol. The molecule has 0 saturated heterocycles. The van der Waals surface area contributed by atoms with Gasteiger partial charge in [0.25, 0.3) is 0 Å². The zero-order valence-electron chi connectivity index (χ0n) is 18.0. The first-order valence-corrected chi connectivity index (χ1v) is 10.3. The van der Waals surface area contributed by atoms with Crippen molar-refractivity contribution < 1.29 is 23.8 Å². The largest absolute Gasteiger partial charge is 0.466 e. The molecule has 7 nitrogen and oxygen atoms in total. The third-order valence-electron chi connectivity index (χ3n) is 4.12. The first kappa shape index (κ1) is 25.7. The minimum atomic E-state index is -0.455. The number of esters is 2. The van der Waals surface area contributed by atoms with Crippen molar-refractivity contribution in [1.29, 1.82) is 0 Å². The predicted molar refractivity (Wildman–Crippen MR) is 117 cm³/mol. The SMILES string of the molecule is CCNCCOCC1=C(C(=O)OCC)CC(C(=O)OC)=C(C)N1.Clc1ccccc1. The second-order valence-corrected chi connectivity index (χ2v) is 6.71. The van der Waals surface area contributed by atoms with E-state index in [0.29, 0.717) is 29.1 Å². The summed E-state index contributed by atoms with van der Waals surface area (Å²) in [7, 11) is 1.32. The van der Waals surface area contributed by atoms with E-state index in [1.54, 1.807) is 13.8 Å². The molecule has 2 N–H and O–H groups in total. The molecule has 0 atom stereocenters. The highest BCUT2D eigenvalue weighted by atomic mass is 35.5. The van der Waals surface area contributed by atoms with Gasteiger partial charge in [-0.05, 0) is 32.5 Å². The molecule has 1 aromatic rings. The molecule has 1 aromatic carbocycles. The number of nitrogens with one attached hydrogen (secondary N) is 2. The molecule has 0 aromatic heterocycles. The number of ether oxygens (including phenoxy) is 3. The zero-order valence-corrected chi connectivity index (χ0v) is 18.8. The van der Waals surface area contributed by atoms with E-state index < -0.39 is 11.9 Å². The van der Waals surface area contributed by atoms with Gasteiger partial charge in [-0.3, -0.25) is 0 Å². The van der Waals surface area contributed by atoms with Crippen LogP contribution in [0.5, 0.6) is 0 Å². The monoisotopic (exact) mass is 438 g/mol. The molecule has 166 valence electrons. The molecule has 1 aliphatic rings. The third-order valence-corrected chi connectivity index (χ3v) is 4.37. The van der Waals surface area contributed by atoms with Crippen molar-refractivity contribution in [3.63, 3.8) is 0 Å². The van der Waals surface area contributed by atoms with Crippen LogP contribution in [0, 0.1) is 0 Å². The van der Waals surface area contributed by atoms with Crippen LogP contribution >= 0.6 is 11.6 Å². The van der Waals surface area contributed by atoms with Crippen LogP contribution < -0.4 is 10.6 Å². The van der Waals surface area contributed by atoms with Crippen LogP contribution in [0.2, 0.25) is 5.02 Å². The minimum Gasteiger partial charge on any atom is -0.466 e. The molecule has 8 heteroatoms. The summed E-state index contributed by atoms with van der Waals surface area (Å²) in [6.07, 6.45) is 0.177. The third kappa shape index (κ3) is 8.98. The van der Waals surface area contributed by atoms with E-state index in [4.69, 9.17) is 25.8 Å². The second kappa shape index (κ2) is 14.6. The van der Waals surface area contributed by atoms with Crippen molar-refractivity contribution in [3.05, 3.63) is 57.9 Å². The van der Waals surface area contributed by atoms with Crippen molar-refractivity contribution in [2.24, 2.45) is 0 Å². The Morgan fingerprint density at radius 2 is 1.83 bits per heavy atom. The van der Waals surface area contributed by atoms with Crippen LogP contribution in [-0.4, -0.2) is 52.0 Å². The van der Waals surface area contributed by atoms with E-state index in [-0.39, 0.29) is 19.6 Å². The Morgan fingerprint density at radius 1 is 1.13 bits per heavy atom. The molecule has 0 amide bonds. The maximum absolute atomic E-state index is 12.1. The Bertz CT molecular complexity index is 747. The van der Waals surface area contributed by atoms with Crippen LogP contribution in [0.4, 0.5) is 0 Å². The molecule has 0 radical (unpaired) electrons. The molecule has 0 fully saturated rings. The van der Waals surface area contributed by atoms with Crippen molar-refractivity contribution in [3.8, 4) is 0 Å². The van der Waals surface area contributed by atoms with Crippen molar-refractivity contribution in [1.82, 2.24) is 10.6 Å². The quantitative estimate of drug-likeness (QED) is 0.452. The number of methoxy groups -OCH3 is 1. The van der Waals surface area contributed by atoms with Crippen molar-refractivity contribution in [2.45, 2.75) is 27.2 Å². The summed E-state index contributed by atoms with van der Waals surface area (Å²) in [5, 5.41) is 7.02. The number of benzene rings is 1. The van der Waals surface area contributed by atoms with Crippen molar-refractivity contribution in [2.75, 3.05) is 40.0 Å². The van der Waals surface area contributed by atoms with Gasteiger partial charge in [-0.25, -0.2) is 9.59 Å². The molecule has 0 unspecified atom stereocenters. The van der Waals surface area contributed by atoms with E-state index in [2.05, 4.69) is 10.6 Å². The molecular weight excluding hydrogens is 408 g/mol. The summed E-state index contributed by atoms with van der Waals surface area (Å²) >= 11 is 5.54. The van der Waals surface area contributed by atoms with E-state index in [0.717, 1.165) is 18.1 Å². The fraction of sp³-hybridized carbons (Fsp3) is 0.455. The van der Waals surface area contributed by atoms with Crippen LogP contribution in [0.3, 0.4) is 0 Å². The number of hydrogen-bond acceptors (Lipinski definition) is 7. The van der Waals surface area contributed by atoms with Gasteiger partial charge in [-0.1, -0.05) is 36.7 Å². The number of rotatable bonds is 9. The fourth-order valence-corrected chi connectivity index (χ4v) is 2.73. The van der Waals surface area contributed by atoms with Gasteiger partial charge < -0.3 is 24.8 Å². The Morgan fingerprint density at radius 3 is 2.37 bits per heavy atom. The lowest BCUT2D eigenvalue weighted by molar-refractivity contribution is -0.138. The van der Waals surface area contributed by atoms with Gasteiger partial charge in [0.05, 0.1) is 43.8 Å². The van der Waals surface area contributed by atoms with Gasteiger partial charge in [0.2, 0.25) is 0 Å². The van der Waals surface area contributed by atoms with Gasteiger partial charge >= 0.3 is 11.9 Å². The number of carbonyl (C=O) groups is 2. The number of hydrogen-bond donors (Lipinski definition) is 2. The van der Waals surface area contributed by atoms with E-state index in [9.17, 15) is 9.59 Å². The van der Waals surface area contributed by atoms with Gasteiger partial charge in [-0.15, -0.1) is 0 Å². The molecule has 1 aliphatic heterocycles. The lowest BCUT2D eigenvalue weighted by atomic mass is 9.98. The second-order valence-electron chi connectivity index (χ2n) is 6.28. The van der Waals surface area contributed by atoms with Crippen LogP contribution in [0.1, 0.15) is 27.2 Å². The fourth-order valence-electron chi connectivity index (χ4n) is 2.59. The molecule has 0 bridgehead atoms. The first-order chi connectivity index (χ1) is 14.4. The summed E-state index contributed by atoms with van der Waals surface area (Å²) in [6, 6.07) is 9.44. The number of allylic oxidation sites excluding steroid dienone is 1. The molecule has 0 aliphatic carbocycles. The molecular formula is C22H31ClN2O5. The summed E-state index contributed by atoms with van der Waals surface area (Å²) in [5.74, 6) is -0.900. The zero-order chi connectivity index (χ0) is 22.4. The minimum absolute atomic E-state index is 0.177. The Balaban J connectivity index is 0.000000539. The smallest absolute Gasteiger partial charge is 0.336 e. The van der Waals surface area contributed by atoms with Gasteiger partial charge in [-0.2, -0.15) is 0 Å². The number of dihydropyridines is 1. The highest BCUT2D eigenvalue weighted by molar-refractivity contribution is 6.30. The predicted octanol–water partition coefficient (Wildman–Crippen LogP) is 3.21. The molecule has 0 spiro atoms. The Hall–Kier alpha value is -2.35. The van der Waals surface area contributed by atoms with Crippen LogP contribution in [-0.2, 0) is 23.8 Å². The molecule has 2 rings (SSSR count). The van der Waals surface area contributed by atoms with Gasteiger partial charge in [0.1, 0.15) is 0 Å².